The molecule has 0 atom stereocenters. The largest absolute Gasteiger partial charge is 0.323 e. The Balaban J connectivity index is 2.70. The second-order valence-corrected chi connectivity index (χ2v) is 4.66. The molecule has 1 aliphatic rings. The van der Waals surface area contributed by atoms with Crippen molar-refractivity contribution in [3.05, 3.63) is 11.8 Å². The minimum Gasteiger partial charge on any atom is -0.323 e. The molecule has 0 aromatic carbocycles. The highest BCUT2D eigenvalue weighted by Gasteiger charge is 2.27. The van der Waals surface area contributed by atoms with E-state index in [1.54, 1.807) is 6.08 Å². The fourth-order valence-electron chi connectivity index (χ4n) is 1.71. The first kappa shape index (κ1) is 10.3. The van der Waals surface area contributed by atoms with E-state index in [1.165, 1.54) is 0 Å². The molecule has 0 radical (unpaired) electrons. The number of carbonyl (C=O) groups excluding carboxylic acids is 1. The molecule has 0 aromatic heterocycles. The van der Waals surface area contributed by atoms with Crippen molar-refractivity contribution in [3.63, 3.8) is 0 Å². The first-order valence-corrected chi connectivity index (χ1v) is 4.56. The van der Waals surface area contributed by atoms with Crippen LogP contribution in [0.25, 0.3) is 0 Å². The molecular weight excluding hydrogens is 164 g/mol. The van der Waals surface area contributed by atoms with Gasteiger partial charge in [-0.3, -0.25) is 4.79 Å². The molecule has 0 amide bonds. The quantitative estimate of drug-likeness (QED) is 0.654. The molecule has 0 bridgehead atoms. The van der Waals surface area contributed by atoms with Gasteiger partial charge in [-0.2, -0.15) is 0 Å². The minimum atomic E-state index is 0.101. The molecule has 3 nitrogen and oxygen atoms in total. The van der Waals surface area contributed by atoms with Crippen LogP contribution in [0.1, 0.15) is 26.7 Å². The summed E-state index contributed by atoms with van der Waals surface area (Å²) in [6, 6.07) is 0. The maximum atomic E-state index is 11.3. The topological polar surface area (TPSA) is 32.3 Å². The number of hydrogen-bond donors (Lipinski definition) is 1. The first-order chi connectivity index (χ1) is 5.89. The molecule has 1 aliphatic carbocycles. The van der Waals surface area contributed by atoms with Crippen LogP contribution >= 0.6 is 0 Å². The van der Waals surface area contributed by atoms with Crippen molar-refractivity contribution in [3.8, 4) is 0 Å². The van der Waals surface area contributed by atoms with Gasteiger partial charge in [0.05, 0.1) is 0 Å². The van der Waals surface area contributed by atoms with Crippen molar-refractivity contribution in [2.45, 2.75) is 26.7 Å². The lowest BCUT2D eigenvalue weighted by Gasteiger charge is -2.30. The van der Waals surface area contributed by atoms with E-state index in [0.29, 0.717) is 6.42 Å². The van der Waals surface area contributed by atoms with Gasteiger partial charge in [0.15, 0.2) is 5.78 Å². The molecule has 74 valence electrons. The van der Waals surface area contributed by atoms with Crippen molar-refractivity contribution < 1.29 is 4.79 Å². The van der Waals surface area contributed by atoms with Crippen LogP contribution in [0.15, 0.2) is 11.8 Å². The van der Waals surface area contributed by atoms with Crippen molar-refractivity contribution in [2.75, 3.05) is 14.1 Å². The van der Waals surface area contributed by atoms with Crippen molar-refractivity contribution in [1.82, 2.24) is 10.4 Å². The third-order valence-electron chi connectivity index (χ3n) is 2.02. The third-order valence-corrected chi connectivity index (χ3v) is 2.02. The van der Waals surface area contributed by atoms with E-state index >= 15 is 0 Å². The second kappa shape index (κ2) is 3.50. The number of carbonyl (C=O) groups is 1. The molecule has 1 N–H and O–H groups in total. The average molecular weight is 182 g/mol. The lowest BCUT2D eigenvalue weighted by molar-refractivity contribution is -0.117. The highest BCUT2D eigenvalue weighted by Crippen LogP contribution is 2.32. The Labute approximate surface area is 79.8 Å². The van der Waals surface area contributed by atoms with Crippen molar-refractivity contribution in [2.24, 2.45) is 5.41 Å². The summed E-state index contributed by atoms with van der Waals surface area (Å²) in [6.45, 7) is 4.24. The average Bonchev–Trinajstić information content (AvgIpc) is 1.78. The number of hydrazine groups is 1. The zero-order valence-corrected chi connectivity index (χ0v) is 8.85. The van der Waals surface area contributed by atoms with Gasteiger partial charge in [0.1, 0.15) is 0 Å². The van der Waals surface area contributed by atoms with E-state index in [0.717, 1.165) is 12.1 Å². The van der Waals surface area contributed by atoms with Crippen molar-refractivity contribution >= 4 is 5.78 Å². The highest BCUT2D eigenvalue weighted by atomic mass is 16.1. The molecular formula is C10H18N2O. The molecule has 0 saturated carbocycles. The van der Waals surface area contributed by atoms with Gasteiger partial charge in [0, 0.05) is 32.3 Å². The van der Waals surface area contributed by atoms with E-state index in [-0.39, 0.29) is 11.2 Å². The summed E-state index contributed by atoms with van der Waals surface area (Å²) >= 11 is 0. The van der Waals surface area contributed by atoms with E-state index < -0.39 is 0 Å². The summed E-state index contributed by atoms with van der Waals surface area (Å²) < 4.78 is 0. The molecule has 0 heterocycles. The van der Waals surface area contributed by atoms with Crippen LogP contribution in [0.5, 0.6) is 0 Å². The first-order valence-electron chi connectivity index (χ1n) is 4.56. The van der Waals surface area contributed by atoms with Crippen LogP contribution in [0.3, 0.4) is 0 Å². The van der Waals surface area contributed by atoms with Gasteiger partial charge in [-0.25, -0.2) is 5.01 Å². The lowest BCUT2D eigenvalue weighted by atomic mass is 9.79. The number of hydrogen-bond acceptors (Lipinski definition) is 3. The monoisotopic (exact) mass is 182 g/mol. The summed E-state index contributed by atoms with van der Waals surface area (Å²) in [6.07, 6.45) is 3.31. The normalized spacial score (nSPS) is 21.6. The molecule has 0 spiro atoms. The summed E-state index contributed by atoms with van der Waals surface area (Å²) in [5.74, 6) is 0.223. The number of allylic oxidation sites excluding steroid dienone is 2. The van der Waals surface area contributed by atoms with Gasteiger partial charge >= 0.3 is 0 Å². The molecule has 0 unspecified atom stereocenters. The third kappa shape index (κ3) is 3.19. The molecule has 0 saturated heterocycles. The maximum absolute atomic E-state index is 11.3. The zero-order valence-electron chi connectivity index (χ0n) is 8.85. The van der Waals surface area contributed by atoms with Gasteiger partial charge < -0.3 is 5.43 Å². The fraction of sp³-hybridized carbons (Fsp3) is 0.700. The van der Waals surface area contributed by atoms with Gasteiger partial charge in [-0.15, -0.1) is 0 Å². The predicted molar refractivity (Wildman–Crippen MR) is 52.9 cm³/mol. The molecule has 1 rings (SSSR count). The van der Waals surface area contributed by atoms with E-state index in [2.05, 4.69) is 19.3 Å². The smallest absolute Gasteiger partial charge is 0.158 e. The van der Waals surface area contributed by atoms with Crippen LogP contribution in [0.4, 0.5) is 0 Å². The summed E-state index contributed by atoms with van der Waals surface area (Å²) in [4.78, 5) is 11.3. The molecule has 0 fully saturated rings. The Morgan fingerprint density at radius 2 is 2.00 bits per heavy atom. The summed E-state index contributed by atoms with van der Waals surface area (Å²) in [5, 5.41) is 1.86. The van der Waals surface area contributed by atoms with E-state index in [4.69, 9.17) is 0 Å². The lowest BCUT2D eigenvalue weighted by Crippen LogP contribution is -2.35. The molecule has 13 heavy (non-hydrogen) atoms. The van der Waals surface area contributed by atoms with Gasteiger partial charge in [0.25, 0.3) is 0 Å². The van der Waals surface area contributed by atoms with Crippen molar-refractivity contribution in [1.29, 1.82) is 0 Å². The SMILES string of the molecule is CN(C)NC1=CC(=O)CC(C)(C)C1. The van der Waals surface area contributed by atoms with E-state index in [1.807, 2.05) is 19.1 Å². The van der Waals surface area contributed by atoms with Gasteiger partial charge in [0.2, 0.25) is 0 Å². The van der Waals surface area contributed by atoms with Crippen LogP contribution in [-0.4, -0.2) is 24.9 Å². The van der Waals surface area contributed by atoms with Gasteiger partial charge in [-0.05, 0) is 11.8 Å². The second-order valence-electron chi connectivity index (χ2n) is 4.66. The number of nitrogens with one attached hydrogen (secondary N) is 1. The number of nitrogens with zero attached hydrogens (tertiary/aromatic N) is 1. The van der Waals surface area contributed by atoms with Crippen LogP contribution < -0.4 is 5.43 Å². The standard InChI is InChI=1S/C10H18N2O/c1-10(2)6-8(11-12(3)4)5-9(13)7-10/h5,11H,6-7H2,1-4H3. The summed E-state index contributed by atoms with van der Waals surface area (Å²) in [5.41, 5.74) is 4.26. The molecule has 0 aliphatic heterocycles. The fourth-order valence-corrected chi connectivity index (χ4v) is 1.71. The Kier molecular flexibility index (Phi) is 2.76. The Morgan fingerprint density at radius 1 is 1.38 bits per heavy atom. The summed E-state index contributed by atoms with van der Waals surface area (Å²) in [7, 11) is 3.85. The molecule has 0 aromatic rings. The molecule has 3 heteroatoms. The maximum Gasteiger partial charge on any atom is 0.158 e. The Bertz CT molecular complexity index is 241. The van der Waals surface area contributed by atoms with Gasteiger partial charge in [-0.1, -0.05) is 13.8 Å². The Hall–Kier alpha value is -0.830. The highest BCUT2D eigenvalue weighted by molar-refractivity contribution is 5.91. The van der Waals surface area contributed by atoms with Crippen LogP contribution in [0, 0.1) is 5.41 Å². The minimum absolute atomic E-state index is 0.101. The number of rotatable bonds is 2. The van der Waals surface area contributed by atoms with Crippen LogP contribution in [0.2, 0.25) is 0 Å². The van der Waals surface area contributed by atoms with E-state index in [9.17, 15) is 4.79 Å². The Morgan fingerprint density at radius 3 is 2.46 bits per heavy atom. The van der Waals surface area contributed by atoms with Crippen LogP contribution in [-0.2, 0) is 4.79 Å². The number of ketones is 1. The predicted octanol–water partition coefficient (Wildman–Crippen LogP) is 1.33. The zero-order chi connectivity index (χ0) is 10.1.